The van der Waals surface area contributed by atoms with Crippen molar-refractivity contribution < 1.29 is 111 Å². The molecule has 0 spiro atoms. The van der Waals surface area contributed by atoms with Crippen LogP contribution in [0.3, 0.4) is 0 Å². The first-order valence-corrected chi connectivity index (χ1v) is 53.5. The van der Waals surface area contributed by atoms with Crippen LogP contribution in [-0.2, 0) is 106 Å². The first-order valence-electron chi connectivity index (χ1n) is 38.0. The van der Waals surface area contributed by atoms with Crippen LogP contribution < -0.4 is 0 Å². The molecular weight excluding hydrogens is 1450 g/mol. The lowest BCUT2D eigenvalue weighted by atomic mass is 10.3. The fourth-order valence-electron chi connectivity index (χ4n) is 12.0. The van der Waals surface area contributed by atoms with Crippen LogP contribution in [0, 0.1) is 0 Å². The van der Waals surface area contributed by atoms with Gasteiger partial charge in [0, 0.05) is 218 Å². The summed E-state index contributed by atoms with van der Waals surface area (Å²) in [6.45, 7) is 46.7. The van der Waals surface area contributed by atoms with E-state index in [1.165, 1.54) is 0 Å². The Morgan fingerprint density at radius 3 is 0.386 bits per heavy atom. The van der Waals surface area contributed by atoms with Crippen molar-refractivity contribution >= 4 is 70.4 Å². The van der Waals surface area contributed by atoms with E-state index in [4.69, 9.17) is 106 Å². The Labute approximate surface area is 625 Å². The Morgan fingerprint density at radius 1 is 0.178 bits per heavy atom. The van der Waals surface area contributed by atoms with Gasteiger partial charge in [-0.05, 0) is 208 Å². The summed E-state index contributed by atoms with van der Waals surface area (Å²) in [6, 6.07) is 6.21. The van der Waals surface area contributed by atoms with Crippen LogP contribution in [-0.4, -0.2) is 319 Å². The Kier molecular flexibility index (Phi) is 69.6. The van der Waals surface area contributed by atoms with Gasteiger partial charge in [0.15, 0.2) is 0 Å². The number of aliphatic hydroxyl groups is 1. The zero-order valence-electron chi connectivity index (χ0n) is 68.6. The number of rotatable bonds is 73. The number of hydrogen-bond acceptors (Lipinski definition) is 28. The zero-order valence-corrected chi connectivity index (χ0v) is 76.6. The van der Waals surface area contributed by atoms with Crippen molar-refractivity contribution in [2.24, 2.45) is 0 Å². The summed E-state index contributed by atoms with van der Waals surface area (Å²) in [6.07, 6.45) is 7.32. The minimum absolute atomic E-state index is 0.135. The SMILES string of the molecule is CCO[Si](CCCN(CCC[Si](OCC)(OCC)OCC)CCC[Si](OCC)(OCC)OCC)(OCC)OCC.CCO[Si](CCCN(CCO)CCC[Si](OCC)(OCC)OCC)(OCC)OCC.CO[Si](CCCN(CCC[Si](OC)(OC)OC)CCC[Si](OC)(OC)OC)(OC)OC. The highest BCUT2D eigenvalue weighted by molar-refractivity contribution is 6.63. The Bertz CT molecular complexity index is 1520. The summed E-state index contributed by atoms with van der Waals surface area (Å²) in [5.74, 6) is 0. The van der Waals surface area contributed by atoms with Crippen LogP contribution in [0.2, 0.25) is 48.4 Å². The molecule has 0 aromatic rings. The average Bonchev–Trinajstić information content (AvgIpc) is 0.913. The number of hydrogen-bond donors (Lipinski definition) is 1. The molecule has 0 saturated carbocycles. The normalized spacial score (nSPS) is 13.1. The van der Waals surface area contributed by atoms with Gasteiger partial charge in [0.25, 0.3) is 0 Å². The highest BCUT2D eigenvalue weighted by atomic mass is 28.4. The molecule has 0 aliphatic carbocycles. The van der Waals surface area contributed by atoms with E-state index in [1.54, 1.807) is 64.0 Å². The molecule has 0 atom stereocenters. The second-order valence-electron chi connectivity index (χ2n) is 22.9. The van der Waals surface area contributed by atoms with E-state index in [9.17, 15) is 5.11 Å². The quantitative estimate of drug-likeness (QED) is 0.0556. The van der Waals surface area contributed by atoms with Gasteiger partial charge in [-0.2, -0.15) is 0 Å². The summed E-state index contributed by atoms with van der Waals surface area (Å²) in [7, 11) is -6.21. The lowest BCUT2D eigenvalue weighted by Gasteiger charge is -2.32. The number of aliphatic hydroxyl groups excluding tert-OH is 1. The highest BCUT2D eigenvalue weighted by Crippen LogP contribution is 2.26. The second kappa shape index (κ2) is 66.4. The second-order valence-corrected chi connectivity index (χ2v) is 45.8. The van der Waals surface area contributed by atoms with Crippen LogP contribution in [0.5, 0.6) is 0 Å². The van der Waals surface area contributed by atoms with E-state index < -0.39 is 70.4 Å². The first kappa shape index (κ1) is 106. The van der Waals surface area contributed by atoms with E-state index in [0.29, 0.717) is 106 Å². The predicted molar refractivity (Wildman–Crippen MR) is 415 cm³/mol. The molecule has 0 bridgehead atoms. The van der Waals surface area contributed by atoms with Gasteiger partial charge in [-0.3, -0.25) is 0 Å². The van der Waals surface area contributed by atoms with Crippen molar-refractivity contribution in [3.05, 3.63) is 0 Å². The Hall–Kier alpha value is 0.615. The van der Waals surface area contributed by atoms with Gasteiger partial charge in [-0.1, -0.05) is 0 Å². The van der Waals surface area contributed by atoms with Gasteiger partial charge >= 0.3 is 70.4 Å². The average molecular weight is 1600 g/mol. The maximum atomic E-state index is 9.49. The third kappa shape index (κ3) is 45.5. The smallest absolute Gasteiger partial charge is 0.395 e. The molecule has 0 aromatic carbocycles. The summed E-state index contributed by atoms with van der Waals surface area (Å²) in [5, 5.41) is 9.49. The highest BCUT2D eigenvalue weighted by Gasteiger charge is 2.45. The monoisotopic (exact) mass is 1600 g/mol. The molecule has 36 heteroatoms. The minimum Gasteiger partial charge on any atom is -0.395 e. The minimum atomic E-state index is -2.68. The van der Waals surface area contributed by atoms with Crippen molar-refractivity contribution in [2.45, 2.75) is 204 Å². The van der Waals surface area contributed by atoms with Gasteiger partial charge in [-0.25, -0.2) is 0 Å². The molecule has 0 aliphatic rings. The Morgan fingerprint density at radius 2 is 0.287 bits per heavy atom. The maximum Gasteiger partial charge on any atom is 0.500 e. The molecule has 1 N–H and O–H groups in total. The molecule has 0 aliphatic heterocycles. The van der Waals surface area contributed by atoms with Crippen molar-refractivity contribution in [3.8, 4) is 0 Å². The molecule has 0 aromatic heterocycles. The van der Waals surface area contributed by atoms with E-state index in [0.717, 1.165) is 152 Å². The molecule has 0 rings (SSSR count). The summed E-state index contributed by atoms with van der Waals surface area (Å²) < 4.78 is 140. The lowest BCUT2D eigenvalue weighted by Crippen LogP contribution is -2.47. The van der Waals surface area contributed by atoms with Crippen molar-refractivity contribution in [1.82, 2.24) is 14.7 Å². The summed E-state index contributed by atoms with van der Waals surface area (Å²) >= 11 is 0. The van der Waals surface area contributed by atoms with Gasteiger partial charge in [0.1, 0.15) is 0 Å². The molecule has 0 fully saturated rings. The lowest BCUT2D eigenvalue weighted by molar-refractivity contribution is 0.0668. The van der Waals surface area contributed by atoms with Crippen LogP contribution in [0.15, 0.2) is 0 Å². The third-order valence-corrected chi connectivity index (χ3v) is 40.6. The van der Waals surface area contributed by atoms with Crippen molar-refractivity contribution in [3.63, 3.8) is 0 Å². The predicted octanol–water partition coefficient (Wildman–Crippen LogP) is 10.9. The molecule has 612 valence electrons. The molecular formula is C65H155N3O25Si8. The molecule has 101 heavy (non-hydrogen) atoms. The van der Waals surface area contributed by atoms with E-state index in [2.05, 4.69) is 14.7 Å². The standard InChI is InChI=1S/C27H63NO9Si3.C20H47NO7Si2.C18H45NO9Si3/c1-10-29-38(30-11-2,31-12-3)25-19-22-28(23-20-26-39(32-13-4,33-14-5)34-15-6)24-21-27-40(35-16-7,36-17-8)37-18-9;1-7-23-29(24-8-2,25-9-3)19-13-15-21(17-18-22)16-14-20-30(26-10-4,27-11-5)28-12-6;1-20-29(21-2,22-3)16-10-13-19(14-11-17-30(23-4,24-5)25-6)15-12-18-31(26-7,27-8)28-9/h10-27H2,1-9H3;22H,7-20H2,1-6H3;10-18H2,1-9H3. The van der Waals surface area contributed by atoms with Crippen molar-refractivity contribution in [1.29, 1.82) is 0 Å². The fraction of sp³-hybridized carbons (Fsp3) is 1.00. The molecule has 0 saturated heterocycles. The number of nitrogens with zero attached hydrogens (tertiary/aromatic N) is 3. The van der Waals surface area contributed by atoms with E-state index in [1.807, 2.05) is 104 Å². The molecule has 0 unspecified atom stereocenters. The molecule has 0 amide bonds. The van der Waals surface area contributed by atoms with Crippen molar-refractivity contribution in [2.75, 3.05) is 229 Å². The van der Waals surface area contributed by atoms with E-state index >= 15 is 0 Å². The topological polar surface area (TPSA) is 251 Å². The van der Waals surface area contributed by atoms with Gasteiger partial charge in [-0.15, -0.1) is 0 Å². The van der Waals surface area contributed by atoms with Crippen LogP contribution in [0.1, 0.15) is 155 Å². The Balaban J connectivity index is -0.00000145. The zero-order chi connectivity index (χ0) is 76.7. The third-order valence-electron chi connectivity index (χ3n) is 16.3. The van der Waals surface area contributed by atoms with Gasteiger partial charge < -0.3 is 126 Å². The maximum absolute atomic E-state index is 9.49. The summed E-state index contributed by atoms with van der Waals surface area (Å²) in [4.78, 5) is 7.20. The molecule has 28 nitrogen and oxygen atoms in total. The first-order chi connectivity index (χ1) is 48.7. The van der Waals surface area contributed by atoms with Crippen LogP contribution in [0.25, 0.3) is 0 Å². The fourth-order valence-corrected chi connectivity index (χ4v) is 30.1. The largest absolute Gasteiger partial charge is 0.500 e. The van der Waals surface area contributed by atoms with Gasteiger partial charge in [0.05, 0.1) is 6.61 Å². The van der Waals surface area contributed by atoms with E-state index in [-0.39, 0.29) is 6.61 Å². The van der Waals surface area contributed by atoms with Crippen LogP contribution >= 0.6 is 0 Å². The molecule has 0 heterocycles. The van der Waals surface area contributed by atoms with Gasteiger partial charge in [0.2, 0.25) is 0 Å². The van der Waals surface area contributed by atoms with Crippen LogP contribution in [0.4, 0.5) is 0 Å². The molecule has 0 radical (unpaired) electrons. The summed E-state index contributed by atoms with van der Waals surface area (Å²) in [5.41, 5.74) is 0.